The van der Waals surface area contributed by atoms with Gasteiger partial charge in [-0.3, -0.25) is 4.79 Å². The van der Waals surface area contributed by atoms with Gasteiger partial charge in [0.15, 0.2) is 0 Å². The third kappa shape index (κ3) is 1.86. The second-order valence-electron chi connectivity index (χ2n) is 5.53. The van der Waals surface area contributed by atoms with E-state index < -0.39 is 0 Å². The second-order valence-corrected chi connectivity index (χ2v) is 5.53. The summed E-state index contributed by atoms with van der Waals surface area (Å²) >= 11 is 0. The first-order chi connectivity index (χ1) is 10.2. The van der Waals surface area contributed by atoms with Crippen molar-refractivity contribution >= 4 is 22.8 Å². The Morgan fingerprint density at radius 3 is 3.05 bits per heavy atom. The molecule has 0 spiro atoms. The lowest BCUT2D eigenvalue weighted by atomic mass is 10.1. The number of fused-ring (bicyclic) bond motifs is 2. The summed E-state index contributed by atoms with van der Waals surface area (Å²) in [6.07, 6.45) is 1.85. The third-order valence-corrected chi connectivity index (χ3v) is 4.35. The Morgan fingerprint density at radius 1 is 1.24 bits per heavy atom. The molecule has 2 aromatic rings. The van der Waals surface area contributed by atoms with Crippen LogP contribution in [0.1, 0.15) is 10.4 Å². The summed E-state index contributed by atoms with van der Waals surface area (Å²) in [5, 5.41) is 3.78. The molecule has 2 aliphatic heterocycles. The Labute approximate surface area is 121 Å². The van der Waals surface area contributed by atoms with E-state index in [0.717, 1.165) is 16.5 Å². The molecule has 2 saturated heterocycles. The van der Waals surface area contributed by atoms with Crippen LogP contribution in [0.25, 0.3) is 10.9 Å². The van der Waals surface area contributed by atoms with E-state index in [2.05, 4.69) is 10.3 Å². The molecule has 1 aromatic carbocycles. The van der Waals surface area contributed by atoms with Gasteiger partial charge in [0.05, 0.1) is 6.04 Å². The van der Waals surface area contributed by atoms with E-state index in [1.54, 1.807) is 0 Å². The number of aromatic amines is 1. The van der Waals surface area contributed by atoms with E-state index in [4.69, 9.17) is 0 Å². The first-order valence-corrected chi connectivity index (χ1v) is 7.14. The van der Waals surface area contributed by atoms with Gasteiger partial charge in [0.1, 0.15) is 0 Å². The predicted octanol–water partition coefficient (Wildman–Crippen LogP) is 1.02. The van der Waals surface area contributed by atoms with Crippen LogP contribution >= 0.6 is 0 Å². The van der Waals surface area contributed by atoms with Gasteiger partial charge in [-0.15, -0.1) is 0 Å². The maximum Gasteiger partial charge on any atom is 0.317 e. The number of benzene rings is 1. The molecule has 6 heteroatoms. The maximum atomic E-state index is 12.8. The number of nitrogens with one attached hydrogen (secondary N) is 2. The van der Waals surface area contributed by atoms with Crippen LogP contribution in [0.15, 0.2) is 30.5 Å². The van der Waals surface area contributed by atoms with Crippen LogP contribution in [0, 0.1) is 0 Å². The number of aromatic nitrogens is 1. The van der Waals surface area contributed by atoms with Crippen molar-refractivity contribution in [3.05, 3.63) is 36.0 Å². The molecular formula is C15H16N4O2. The number of H-pyrrole nitrogens is 1. The zero-order valence-electron chi connectivity index (χ0n) is 11.5. The van der Waals surface area contributed by atoms with Crippen molar-refractivity contribution in [2.45, 2.75) is 6.04 Å². The quantitative estimate of drug-likeness (QED) is 0.821. The highest BCUT2D eigenvalue weighted by Crippen LogP contribution is 2.21. The maximum absolute atomic E-state index is 12.8. The molecule has 6 nitrogen and oxygen atoms in total. The number of amides is 3. The summed E-state index contributed by atoms with van der Waals surface area (Å²) in [5.41, 5.74) is 1.69. The summed E-state index contributed by atoms with van der Waals surface area (Å²) in [5.74, 6) is 0.0409. The highest BCUT2D eigenvalue weighted by atomic mass is 16.2. The van der Waals surface area contributed by atoms with E-state index in [0.29, 0.717) is 26.2 Å². The summed E-state index contributed by atoms with van der Waals surface area (Å²) in [6, 6.07) is 7.73. The molecule has 3 heterocycles. The third-order valence-electron chi connectivity index (χ3n) is 4.35. The average Bonchev–Trinajstić information content (AvgIpc) is 3.13. The summed E-state index contributed by atoms with van der Waals surface area (Å²) in [4.78, 5) is 31.2. The van der Waals surface area contributed by atoms with Crippen molar-refractivity contribution in [3.63, 3.8) is 0 Å². The minimum Gasteiger partial charge on any atom is -0.361 e. The van der Waals surface area contributed by atoms with Crippen molar-refractivity contribution in [3.8, 4) is 0 Å². The Kier molecular flexibility index (Phi) is 2.63. The Morgan fingerprint density at radius 2 is 2.14 bits per heavy atom. The standard InChI is InChI=1S/C15H16N4O2/c20-14(12-2-1-3-13-11(12)4-5-16-13)18-6-7-19-10(9-18)8-17-15(19)21/h1-5,10,16H,6-9H2,(H,17,21). The number of carbonyl (C=O) groups is 2. The van der Waals surface area contributed by atoms with Crippen LogP contribution in [0.3, 0.4) is 0 Å². The van der Waals surface area contributed by atoms with E-state index in [-0.39, 0.29) is 18.0 Å². The van der Waals surface area contributed by atoms with Crippen molar-refractivity contribution < 1.29 is 9.59 Å². The molecule has 0 aliphatic carbocycles. The van der Waals surface area contributed by atoms with Gasteiger partial charge in [0.25, 0.3) is 5.91 Å². The molecule has 0 saturated carbocycles. The van der Waals surface area contributed by atoms with Crippen molar-refractivity contribution in [1.29, 1.82) is 0 Å². The number of hydrogen-bond donors (Lipinski definition) is 2. The van der Waals surface area contributed by atoms with Crippen LogP contribution in [-0.2, 0) is 0 Å². The number of piperazine rings is 1. The molecule has 1 atom stereocenters. The zero-order chi connectivity index (χ0) is 14.4. The SMILES string of the molecule is O=C(c1cccc2[nH]ccc12)N1CCN2C(=O)NCC2C1. The van der Waals surface area contributed by atoms with E-state index in [9.17, 15) is 9.59 Å². The molecule has 108 valence electrons. The number of hydrogen-bond acceptors (Lipinski definition) is 2. The molecule has 2 fully saturated rings. The lowest BCUT2D eigenvalue weighted by molar-refractivity contribution is 0.0619. The number of carbonyl (C=O) groups excluding carboxylic acids is 2. The fraction of sp³-hybridized carbons (Fsp3) is 0.333. The summed E-state index contributed by atoms with van der Waals surface area (Å²) in [6.45, 7) is 2.41. The van der Waals surface area contributed by atoms with Crippen molar-refractivity contribution in [1.82, 2.24) is 20.1 Å². The molecule has 0 radical (unpaired) electrons. The van der Waals surface area contributed by atoms with Gasteiger partial charge < -0.3 is 20.1 Å². The van der Waals surface area contributed by atoms with Crippen LogP contribution in [0.4, 0.5) is 4.79 Å². The van der Waals surface area contributed by atoms with Crippen LogP contribution < -0.4 is 5.32 Å². The van der Waals surface area contributed by atoms with Gasteiger partial charge in [0, 0.05) is 48.8 Å². The topological polar surface area (TPSA) is 68.4 Å². The second kappa shape index (κ2) is 4.51. The molecule has 21 heavy (non-hydrogen) atoms. The Bertz CT molecular complexity index is 723. The molecule has 2 N–H and O–H groups in total. The highest BCUT2D eigenvalue weighted by Gasteiger charge is 2.37. The van der Waals surface area contributed by atoms with Gasteiger partial charge in [0.2, 0.25) is 0 Å². The fourth-order valence-corrected chi connectivity index (χ4v) is 3.23. The molecule has 2 aliphatic rings. The smallest absolute Gasteiger partial charge is 0.317 e. The van der Waals surface area contributed by atoms with Crippen LogP contribution in [0.5, 0.6) is 0 Å². The van der Waals surface area contributed by atoms with Crippen molar-refractivity contribution in [2.75, 3.05) is 26.2 Å². The minimum atomic E-state index is -0.0140. The normalized spacial score (nSPS) is 21.5. The van der Waals surface area contributed by atoms with Gasteiger partial charge >= 0.3 is 6.03 Å². The van der Waals surface area contributed by atoms with E-state index in [1.807, 2.05) is 40.3 Å². The minimum absolute atomic E-state index is 0.0140. The number of rotatable bonds is 1. The van der Waals surface area contributed by atoms with Gasteiger partial charge in [-0.1, -0.05) is 6.07 Å². The fourth-order valence-electron chi connectivity index (χ4n) is 3.23. The first kappa shape index (κ1) is 12.3. The van der Waals surface area contributed by atoms with E-state index in [1.165, 1.54) is 0 Å². The molecule has 1 unspecified atom stereocenters. The largest absolute Gasteiger partial charge is 0.361 e. The molecule has 1 aromatic heterocycles. The average molecular weight is 284 g/mol. The lowest BCUT2D eigenvalue weighted by Gasteiger charge is -2.36. The van der Waals surface area contributed by atoms with E-state index >= 15 is 0 Å². The van der Waals surface area contributed by atoms with Crippen molar-refractivity contribution in [2.24, 2.45) is 0 Å². The first-order valence-electron chi connectivity index (χ1n) is 7.14. The van der Waals surface area contributed by atoms with Gasteiger partial charge in [-0.25, -0.2) is 4.79 Å². The molecule has 0 bridgehead atoms. The van der Waals surface area contributed by atoms with Crippen LogP contribution in [-0.4, -0.2) is 58.9 Å². The highest BCUT2D eigenvalue weighted by molar-refractivity contribution is 6.06. The number of nitrogens with zero attached hydrogens (tertiary/aromatic N) is 2. The molecular weight excluding hydrogens is 268 g/mol. The summed E-state index contributed by atoms with van der Waals surface area (Å²) in [7, 11) is 0. The molecule has 3 amide bonds. The number of urea groups is 1. The van der Waals surface area contributed by atoms with Gasteiger partial charge in [-0.05, 0) is 18.2 Å². The Hall–Kier alpha value is -2.50. The zero-order valence-corrected chi connectivity index (χ0v) is 11.5. The summed E-state index contributed by atoms with van der Waals surface area (Å²) < 4.78 is 0. The lowest BCUT2D eigenvalue weighted by Crippen LogP contribution is -2.53. The molecule has 4 rings (SSSR count). The monoisotopic (exact) mass is 284 g/mol. The Balaban J connectivity index is 1.61. The van der Waals surface area contributed by atoms with Crippen LogP contribution in [0.2, 0.25) is 0 Å². The van der Waals surface area contributed by atoms with Gasteiger partial charge in [-0.2, -0.15) is 0 Å². The predicted molar refractivity (Wildman–Crippen MR) is 78.1 cm³/mol.